The largest absolute Gasteiger partial charge is 0.309 e. The van der Waals surface area contributed by atoms with E-state index in [1.807, 2.05) is 0 Å². The van der Waals surface area contributed by atoms with Gasteiger partial charge in [-0.15, -0.1) is 0 Å². The maximum atomic E-state index is 2.43. The van der Waals surface area contributed by atoms with Gasteiger partial charge in [0.15, 0.2) is 0 Å². The lowest BCUT2D eigenvalue weighted by Gasteiger charge is -2.48. The van der Waals surface area contributed by atoms with Crippen LogP contribution in [0.15, 0.2) is 261 Å². The number of benzene rings is 11. The molecule has 69 heavy (non-hydrogen) atoms. The van der Waals surface area contributed by atoms with Gasteiger partial charge in [-0.25, -0.2) is 0 Å². The molecule has 0 unspecified atom stereocenters. The van der Waals surface area contributed by atoms with E-state index in [2.05, 4.69) is 265 Å². The average molecular weight is 874 g/mol. The minimum atomic E-state index is -0.536. The van der Waals surface area contributed by atoms with Gasteiger partial charge in [-0.05, 0) is 137 Å². The molecule has 1 heterocycles. The van der Waals surface area contributed by atoms with Crippen molar-refractivity contribution >= 4 is 21.8 Å². The molecular formula is C68H43N. The molecule has 12 aromatic rings. The second kappa shape index (κ2) is 14.4. The molecule has 1 nitrogen and oxygen atoms in total. The Bertz CT molecular complexity index is 3980. The molecule has 0 bridgehead atoms. The summed E-state index contributed by atoms with van der Waals surface area (Å²) in [5.74, 6) is 0. The highest BCUT2D eigenvalue weighted by Gasteiger charge is 2.59. The van der Waals surface area contributed by atoms with Crippen molar-refractivity contribution in [3.05, 3.63) is 305 Å². The highest BCUT2D eigenvalue weighted by atomic mass is 15.0. The monoisotopic (exact) mass is 873 g/mol. The van der Waals surface area contributed by atoms with Crippen LogP contribution >= 0.6 is 0 Å². The summed E-state index contributed by atoms with van der Waals surface area (Å²) >= 11 is 0. The second-order valence-electron chi connectivity index (χ2n) is 19.0. The van der Waals surface area contributed by atoms with Crippen molar-refractivity contribution in [1.82, 2.24) is 4.57 Å². The Labute approximate surface area is 401 Å². The standard InChI is InChI=1S/C68H43N/c1-2-18-44(19-3-1)45-36-39-49(40-37-45)69-64-35-15-7-24-53(64)55-43-47(38-41-65(55)69)46-20-16-21-48(42-46)50-26-17-34-63-66(50)54-25-6-10-29-58(54)68(63)61-32-13-11-30-59(61)67(60-31-12-14-33-62(60)68)56-27-8-4-22-51(56)52-23-5-9-28-57(52)67/h1-43H. The van der Waals surface area contributed by atoms with Crippen molar-refractivity contribution in [2.75, 3.05) is 0 Å². The lowest BCUT2D eigenvalue weighted by Crippen LogP contribution is -2.43. The van der Waals surface area contributed by atoms with Gasteiger partial charge in [-0.1, -0.05) is 224 Å². The van der Waals surface area contributed by atoms with E-state index in [9.17, 15) is 0 Å². The number of aromatic nitrogens is 1. The van der Waals surface area contributed by atoms with E-state index in [0.717, 1.165) is 5.69 Å². The Kier molecular flexibility index (Phi) is 7.98. The van der Waals surface area contributed by atoms with Crippen molar-refractivity contribution in [3.8, 4) is 61.3 Å². The van der Waals surface area contributed by atoms with Crippen molar-refractivity contribution < 1.29 is 0 Å². The first-order valence-corrected chi connectivity index (χ1v) is 24.2. The Morgan fingerprint density at radius 1 is 0.232 bits per heavy atom. The van der Waals surface area contributed by atoms with Gasteiger partial charge < -0.3 is 4.57 Å². The number of hydrogen-bond acceptors (Lipinski definition) is 0. The van der Waals surface area contributed by atoms with Crippen molar-refractivity contribution in [1.29, 1.82) is 0 Å². The molecular weight excluding hydrogens is 831 g/mol. The molecule has 0 saturated heterocycles. The molecule has 15 rings (SSSR count). The zero-order chi connectivity index (χ0) is 45.3. The zero-order valence-corrected chi connectivity index (χ0v) is 37.8. The van der Waals surface area contributed by atoms with Crippen molar-refractivity contribution in [2.24, 2.45) is 0 Å². The molecule has 2 spiro atoms. The summed E-state index contributed by atoms with van der Waals surface area (Å²) in [6, 6.07) is 98.0. The van der Waals surface area contributed by atoms with E-state index in [1.165, 1.54) is 122 Å². The van der Waals surface area contributed by atoms with Crippen LogP contribution in [-0.2, 0) is 10.8 Å². The SMILES string of the molecule is c1ccc(-c2ccc(-n3c4ccccc4c4cc(-c5cccc(-c6cccc7c6-c6ccccc6C76c7ccccc7C7(c8ccccc8-c8ccccc87)c7ccccc76)c5)ccc43)cc2)cc1. The van der Waals surface area contributed by atoms with E-state index in [-0.39, 0.29) is 0 Å². The van der Waals surface area contributed by atoms with Gasteiger partial charge >= 0.3 is 0 Å². The van der Waals surface area contributed by atoms with Crippen LogP contribution in [0.1, 0.15) is 44.5 Å². The Hall–Kier alpha value is -8.78. The van der Waals surface area contributed by atoms with Crippen LogP contribution in [0.3, 0.4) is 0 Å². The molecule has 1 aromatic heterocycles. The fraction of sp³-hybridized carbons (Fsp3) is 0.0294. The van der Waals surface area contributed by atoms with Crippen LogP contribution in [0, 0.1) is 0 Å². The van der Waals surface area contributed by atoms with Gasteiger partial charge in [0.25, 0.3) is 0 Å². The Balaban J connectivity index is 0.905. The molecule has 3 aliphatic carbocycles. The number of hydrogen-bond donors (Lipinski definition) is 0. The fourth-order valence-corrected chi connectivity index (χ4v) is 13.3. The molecule has 3 aliphatic rings. The Morgan fingerprint density at radius 2 is 0.652 bits per heavy atom. The van der Waals surface area contributed by atoms with Crippen LogP contribution in [0.5, 0.6) is 0 Å². The first-order valence-electron chi connectivity index (χ1n) is 24.2. The topological polar surface area (TPSA) is 4.93 Å². The van der Waals surface area contributed by atoms with Crippen LogP contribution in [0.2, 0.25) is 0 Å². The van der Waals surface area contributed by atoms with E-state index < -0.39 is 10.8 Å². The zero-order valence-electron chi connectivity index (χ0n) is 37.8. The first-order chi connectivity index (χ1) is 34.2. The van der Waals surface area contributed by atoms with Gasteiger partial charge in [-0.2, -0.15) is 0 Å². The normalized spacial score (nSPS) is 14.0. The van der Waals surface area contributed by atoms with E-state index >= 15 is 0 Å². The number of nitrogens with zero attached hydrogens (tertiary/aromatic N) is 1. The molecule has 11 aromatic carbocycles. The summed E-state index contributed by atoms with van der Waals surface area (Å²) in [4.78, 5) is 0. The molecule has 0 N–H and O–H groups in total. The minimum Gasteiger partial charge on any atom is -0.309 e. The minimum absolute atomic E-state index is 0.463. The van der Waals surface area contributed by atoms with E-state index in [0.29, 0.717) is 0 Å². The third kappa shape index (κ3) is 5.04. The van der Waals surface area contributed by atoms with Gasteiger partial charge in [0.2, 0.25) is 0 Å². The molecule has 0 saturated carbocycles. The van der Waals surface area contributed by atoms with E-state index in [4.69, 9.17) is 0 Å². The highest BCUT2D eigenvalue weighted by molar-refractivity contribution is 6.10. The fourth-order valence-electron chi connectivity index (χ4n) is 13.3. The van der Waals surface area contributed by atoms with Crippen LogP contribution in [-0.4, -0.2) is 4.57 Å². The summed E-state index contributed by atoms with van der Waals surface area (Å²) in [7, 11) is 0. The van der Waals surface area contributed by atoms with Gasteiger partial charge in [-0.3, -0.25) is 0 Å². The number of fused-ring (bicyclic) bond motifs is 19. The van der Waals surface area contributed by atoms with Gasteiger partial charge in [0.1, 0.15) is 0 Å². The summed E-state index contributed by atoms with van der Waals surface area (Å²) in [5, 5.41) is 2.50. The molecule has 0 amide bonds. The molecule has 0 atom stereocenters. The van der Waals surface area contributed by atoms with Gasteiger partial charge in [0, 0.05) is 16.5 Å². The van der Waals surface area contributed by atoms with Crippen LogP contribution < -0.4 is 0 Å². The summed E-state index contributed by atoms with van der Waals surface area (Å²) in [6.45, 7) is 0. The maximum Gasteiger partial charge on any atom is 0.0720 e. The maximum absolute atomic E-state index is 2.43. The van der Waals surface area contributed by atoms with Crippen LogP contribution in [0.4, 0.5) is 0 Å². The molecule has 0 aliphatic heterocycles. The predicted octanol–water partition coefficient (Wildman–Crippen LogP) is 16.8. The van der Waals surface area contributed by atoms with E-state index in [1.54, 1.807) is 0 Å². The Morgan fingerprint density at radius 3 is 1.32 bits per heavy atom. The van der Waals surface area contributed by atoms with Crippen molar-refractivity contribution in [3.63, 3.8) is 0 Å². The third-order valence-corrected chi connectivity index (χ3v) is 15.9. The van der Waals surface area contributed by atoms with Gasteiger partial charge in [0.05, 0.1) is 21.9 Å². The molecule has 320 valence electrons. The molecule has 0 fully saturated rings. The molecule has 0 radical (unpaired) electrons. The quantitative estimate of drug-likeness (QED) is 0.166. The average Bonchev–Trinajstić information content (AvgIpc) is 4.03. The van der Waals surface area contributed by atoms with Crippen molar-refractivity contribution in [2.45, 2.75) is 10.8 Å². The smallest absolute Gasteiger partial charge is 0.0720 e. The lowest BCUT2D eigenvalue weighted by atomic mass is 9.52. The highest BCUT2D eigenvalue weighted by Crippen LogP contribution is 2.68. The van der Waals surface area contributed by atoms with Crippen LogP contribution in [0.25, 0.3) is 83.1 Å². The number of rotatable bonds is 4. The lowest BCUT2D eigenvalue weighted by molar-refractivity contribution is 0.633. The second-order valence-corrected chi connectivity index (χ2v) is 19.0. The number of para-hydroxylation sites is 1. The third-order valence-electron chi connectivity index (χ3n) is 15.9. The summed E-state index contributed by atoms with van der Waals surface area (Å²) in [5.41, 5.74) is 25.9. The molecule has 1 heteroatoms. The first kappa shape index (κ1) is 38.3. The summed E-state index contributed by atoms with van der Waals surface area (Å²) < 4.78 is 2.41. The summed E-state index contributed by atoms with van der Waals surface area (Å²) in [6.07, 6.45) is 0. The predicted molar refractivity (Wildman–Crippen MR) is 285 cm³/mol.